The SMILES string of the molecule is c1ccc(-n2c3ccccc3c3ccncc32)c(-c2nc(-c3ccc(-n4c5ccccc5c5cc(-n6c7ccccc7c7ccccc76)ccc54)cc3)nc(-c3ccccc3-n3c4ccccc4c4ccncc43)n2)c1. The normalized spacial score (nSPS) is 11.9. The summed E-state index contributed by atoms with van der Waals surface area (Å²) in [6.45, 7) is 0. The number of fused-ring (bicyclic) bond motifs is 12. The van der Waals surface area contributed by atoms with E-state index in [9.17, 15) is 0 Å². The molecule has 16 aromatic rings. The zero-order chi connectivity index (χ0) is 49.8. The molecule has 7 aromatic heterocycles. The molecule has 76 heavy (non-hydrogen) atoms. The predicted molar refractivity (Wildman–Crippen MR) is 309 cm³/mol. The molecule has 0 aliphatic rings. The highest BCUT2D eigenvalue weighted by molar-refractivity contribution is 6.13. The van der Waals surface area contributed by atoms with Crippen LogP contribution in [0.25, 0.3) is 144 Å². The highest BCUT2D eigenvalue weighted by Gasteiger charge is 2.23. The van der Waals surface area contributed by atoms with Crippen LogP contribution in [0.4, 0.5) is 0 Å². The van der Waals surface area contributed by atoms with Gasteiger partial charge in [-0.2, -0.15) is 0 Å². The van der Waals surface area contributed by atoms with E-state index >= 15 is 0 Å². The summed E-state index contributed by atoms with van der Waals surface area (Å²) < 4.78 is 9.31. The van der Waals surface area contributed by atoms with Gasteiger partial charge >= 0.3 is 0 Å². The molecule has 9 nitrogen and oxygen atoms in total. The first-order valence-electron chi connectivity index (χ1n) is 25.5. The van der Waals surface area contributed by atoms with Crippen LogP contribution in [0.15, 0.2) is 249 Å². The van der Waals surface area contributed by atoms with Crippen molar-refractivity contribution in [1.82, 2.24) is 43.2 Å². The fraction of sp³-hybridized carbons (Fsp3) is 0. The third kappa shape index (κ3) is 6.23. The number of hydrogen-bond acceptors (Lipinski definition) is 5. The fourth-order valence-corrected chi connectivity index (χ4v) is 12.0. The molecule has 0 spiro atoms. The van der Waals surface area contributed by atoms with Crippen LogP contribution in [-0.4, -0.2) is 43.2 Å². The number of hydrogen-bond donors (Lipinski definition) is 0. The van der Waals surface area contributed by atoms with Gasteiger partial charge in [0.2, 0.25) is 0 Å². The minimum absolute atomic E-state index is 0.551. The molecule has 0 bridgehead atoms. The molecular formula is C67H41N9. The van der Waals surface area contributed by atoms with Crippen molar-refractivity contribution in [3.8, 4) is 56.9 Å². The molecule has 7 heterocycles. The van der Waals surface area contributed by atoms with Gasteiger partial charge < -0.3 is 18.3 Å². The Hall–Kier alpha value is -10.5. The summed E-state index contributed by atoms with van der Waals surface area (Å²) in [4.78, 5) is 25.5. The Bertz CT molecular complexity index is 4680. The van der Waals surface area contributed by atoms with E-state index in [-0.39, 0.29) is 0 Å². The molecule has 0 saturated carbocycles. The van der Waals surface area contributed by atoms with Crippen molar-refractivity contribution < 1.29 is 0 Å². The van der Waals surface area contributed by atoms with Crippen LogP contribution < -0.4 is 0 Å². The van der Waals surface area contributed by atoms with Crippen LogP contribution in [0.3, 0.4) is 0 Å². The van der Waals surface area contributed by atoms with Gasteiger partial charge in [0.25, 0.3) is 0 Å². The van der Waals surface area contributed by atoms with Gasteiger partial charge in [-0.3, -0.25) is 9.97 Å². The van der Waals surface area contributed by atoms with Crippen LogP contribution in [0.1, 0.15) is 0 Å². The lowest BCUT2D eigenvalue weighted by Crippen LogP contribution is -2.05. The molecule has 0 atom stereocenters. The number of para-hydroxylation sites is 7. The summed E-state index contributed by atoms with van der Waals surface area (Å²) in [5.41, 5.74) is 15.4. The number of nitrogens with zero attached hydrogens (tertiary/aromatic N) is 9. The average Bonchev–Trinajstić information content (AvgIpc) is 4.24. The van der Waals surface area contributed by atoms with Crippen molar-refractivity contribution >= 4 is 87.2 Å². The molecule has 0 aliphatic carbocycles. The number of benzene rings is 9. The molecule has 0 aliphatic heterocycles. The zero-order valence-corrected chi connectivity index (χ0v) is 40.7. The minimum Gasteiger partial charge on any atom is -0.309 e. The standard InChI is InChI=1S/C67H41N9/c1-8-22-55-45(15-1)46-16-2-9-23-56(46)74(55)44-33-34-62-54(39-44)49-19-5-10-24-57(49)73(62)43-31-29-42(30-32-43)65-70-66(52-20-6-13-27-60(52)75-58-25-11-3-17-47(58)50-35-37-68-40-63(50)75)72-67(71-65)53-21-7-14-28-61(53)76-59-26-12-4-18-48(59)51-36-38-69-41-64(51)76/h1-41H. The Morgan fingerprint density at radius 2 is 0.605 bits per heavy atom. The van der Waals surface area contributed by atoms with Gasteiger partial charge in [0.05, 0.1) is 67.9 Å². The molecule has 16 rings (SSSR count). The highest BCUT2D eigenvalue weighted by Crippen LogP contribution is 2.41. The maximum atomic E-state index is 5.46. The summed E-state index contributed by atoms with van der Waals surface area (Å²) in [6, 6.07) is 79.5. The quantitative estimate of drug-likeness (QED) is 0.159. The molecule has 0 fully saturated rings. The molecule has 9 aromatic carbocycles. The average molecular weight is 972 g/mol. The van der Waals surface area contributed by atoms with Crippen molar-refractivity contribution in [2.45, 2.75) is 0 Å². The zero-order valence-electron chi connectivity index (χ0n) is 40.7. The van der Waals surface area contributed by atoms with Crippen LogP contribution in [0, 0.1) is 0 Å². The van der Waals surface area contributed by atoms with Gasteiger partial charge in [-0.05, 0) is 109 Å². The lowest BCUT2D eigenvalue weighted by Gasteiger charge is -2.16. The van der Waals surface area contributed by atoms with Crippen LogP contribution in [0.5, 0.6) is 0 Å². The molecular weight excluding hydrogens is 931 g/mol. The number of aromatic nitrogens is 9. The Morgan fingerprint density at radius 1 is 0.250 bits per heavy atom. The third-order valence-corrected chi connectivity index (χ3v) is 15.2. The first-order valence-corrected chi connectivity index (χ1v) is 25.5. The Balaban J connectivity index is 0.884. The predicted octanol–water partition coefficient (Wildman–Crippen LogP) is 16.1. The second-order valence-corrected chi connectivity index (χ2v) is 19.3. The first-order chi connectivity index (χ1) is 37.7. The van der Waals surface area contributed by atoms with Crippen LogP contribution in [-0.2, 0) is 0 Å². The molecule has 354 valence electrons. The molecule has 0 radical (unpaired) electrons. The fourth-order valence-electron chi connectivity index (χ4n) is 12.0. The van der Waals surface area contributed by atoms with Gasteiger partial charge in [-0.15, -0.1) is 0 Å². The van der Waals surface area contributed by atoms with Crippen molar-refractivity contribution in [3.63, 3.8) is 0 Å². The van der Waals surface area contributed by atoms with Gasteiger partial charge in [0, 0.05) is 83.5 Å². The molecule has 0 unspecified atom stereocenters. The van der Waals surface area contributed by atoms with Crippen molar-refractivity contribution in [2.75, 3.05) is 0 Å². The Kier molecular flexibility index (Phi) is 9.13. The first kappa shape index (κ1) is 42.0. The van der Waals surface area contributed by atoms with E-state index in [2.05, 4.69) is 253 Å². The maximum absolute atomic E-state index is 5.46. The molecule has 9 heteroatoms. The van der Waals surface area contributed by atoms with E-state index in [1.807, 2.05) is 24.8 Å². The van der Waals surface area contributed by atoms with E-state index < -0.39 is 0 Å². The van der Waals surface area contributed by atoms with Crippen molar-refractivity contribution in [1.29, 1.82) is 0 Å². The smallest absolute Gasteiger partial charge is 0.166 e. The van der Waals surface area contributed by atoms with E-state index in [0.29, 0.717) is 17.5 Å². The Morgan fingerprint density at radius 3 is 1.09 bits per heavy atom. The second-order valence-electron chi connectivity index (χ2n) is 19.3. The van der Waals surface area contributed by atoms with Crippen LogP contribution in [0.2, 0.25) is 0 Å². The maximum Gasteiger partial charge on any atom is 0.166 e. The second kappa shape index (κ2) is 16.5. The summed E-state index contributed by atoms with van der Waals surface area (Å²) in [5.74, 6) is 1.66. The largest absolute Gasteiger partial charge is 0.309 e. The van der Waals surface area contributed by atoms with Gasteiger partial charge in [-0.25, -0.2) is 15.0 Å². The molecule has 0 amide bonds. The minimum atomic E-state index is 0.551. The van der Waals surface area contributed by atoms with Gasteiger partial charge in [0.15, 0.2) is 17.5 Å². The number of rotatable bonds is 7. The highest BCUT2D eigenvalue weighted by atomic mass is 15.1. The topological polar surface area (TPSA) is 84.2 Å². The Labute approximate surface area is 434 Å². The molecule has 0 saturated heterocycles. The lowest BCUT2D eigenvalue weighted by molar-refractivity contribution is 1.05. The summed E-state index contributed by atoms with van der Waals surface area (Å²) >= 11 is 0. The van der Waals surface area contributed by atoms with Crippen LogP contribution >= 0.6 is 0 Å². The third-order valence-electron chi connectivity index (χ3n) is 15.2. The van der Waals surface area contributed by atoms with E-state index in [4.69, 9.17) is 15.0 Å². The summed E-state index contributed by atoms with van der Waals surface area (Å²) in [7, 11) is 0. The van der Waals surface area contributed by atoms with Crippen molar-refractivity contribution in [2.24, 2.45) is 0 Å². The van der Waals surface area contributed by atoms with Gasteiger partial charge in [0.1, 0.15) is 0 Å². The molecule has 0 N–H and O–H groups in total. The van der Waals surface area contributed by atoms with E-state index in [1.165, 1.54) is 32.6 Å². The van der Waals surface area contributed by atoms with Gasteiger partial charge in [-0.1, -0.05) is 115 Å². The van der Waals surface area contributed by atoms with E-state index in [1.54, 1.807) is 0 Å². The van der Waals surface area contributed by atoms with Crippen molar-refractivity contribution in [3.05, 3.63) is 249 Å². The van der Waals surface area contributed by atoms with E-state index in [0.717, 1.165) is 94.1 Å². The summed E-state index contributed by atoms with van der Waals surface area (Å²) in [6.07, 6.45) is 7.60. The summed E-state index contributed by atoms with van der Waals surface area (Å²) in [5, 5.41) is 9.40. The lowest BCUT2D eigenvalue weighted by atomic mass is 10.1. The monoisotopic (exact) mass is 971 g/mol. The number of pyridine rings is 2.